The summed E-state index contributed by atoms with van der Waals surface area (Å²) in [4.78, 5) is 7.73. The number of hydrogen-bond donors (Lipinski definition) is 0. The molecule has 0 bridgehead atoms. The summed E-state index contributed by atoms with van der Waals surface area (Å²) >= 11 is 0. The van der Waals surface area contributed by atoms with E-state index in [-0.39, 0.29) is 5.82 Å². The third-order valence-corrected chi connectivity index (χ3v) is 4.46. The summed E-state index contributed by atoms with van der Waals surface area (Å²) in [5.41, 5.74) is -2.66. The largest absolute Gasteiger partial charge is 0.498 e. The van der Waals surface area contributed by atoms with Crippen molar-refractivity contribution in [3.63, 3.8) is 0 Å². The molecule has 1 saturated heterocycles. The summed E-state index contributed by atoms with van der Waals surface area (Å²) in [6, 6.07) is 0. The van der Waals surface area contributed by atoms with Crippen LogP contribution in [-0.2, 0) is 14.7 Å². The second-order valence-electron chi connectivity index (χ2n) is 7.05. The number of aromatic nitrogens is 2. The maximum absolute atomic E-state index is 13.0. The molecular formula is C14H20BF3N2O2. The Balaban J connectivity index is 2.25. The molecule has 1 aromatic rings. The fourth-order valence-electron chi connectivity index (χ4n) is 1.89. The Morgan fingerprint density at radius 3 is 1.73 bits per heavy atom. The van der Waals surface area contributed by atoms with E-state index in [4.69, 9.17) is 9.31 Å². The van der Waals surface area contributed by atoms with Gasteiger partial charge in [-0.3, -0.25) is 0 Å². The van der Waals surface area contributed by atoms with Gasteiger partial charge in [0.2, 0.25) is 0 Å². The normalized spacial score (nSPS) is 21.2. The molecule has 0 radical (unpaired) electrons. The van der Waals surface area contributed by atoms with Gasteiger partial charge >= 0.3 is 13.3 Å². The lowest BCUT2D eigenvalue weighted by Gasteiger charge is -2.32. The van der Waals surface area contributed by atoms with Crippen LogP contribution >= 0.6 is 0 Å². The topological polar surface area (TPSA) is 44.2 Å². The molecule has 0 aliphatic carbocycles. The first-order chi connectivity index (χ1) is 9.78. The van der Waals surface area contributed by atoms with Crippen molar-refractivity contribution < 1.29 is 22.5 Å². The molecule has 1 aliphatic heterocycles. The molecule has 0 saturated carbocycles. The van der Waals surface area contributed by atoms with Gasteiger partial charge in [-0.25, -0.2) is 9.97 Å². The van der Waals surface area contributed by atoms with Gasteiger partial charge in [0, 0.05) is 17.9 Å². The van der Waals surface area contributed by atoms with Crippen LogP contribution in [0.2, 0.25) is 0 Å². The van der Waals surface area contributed by atoms with E-state index in [2.05, 4.69) is 9.97 Å². The zero-order chi connectivity index (χ0) is 17.0. The Bertz CT molecular complexity index is 540. The van der Waals surface area contributed by atoms with Gasteiger partial charge in [-0.1, -0.05) is 0 Å². The number of rotatable bonds is 2. The number of nitrogens with zero attached hydrogens (tertiary/aromatic N) is 2. The number of halogens is 3. The highest BCUT2D eigenvalue weighted by molar-refractivity contribution is 6.61. The van der Waals surface area contributed by atoms with Crippen molar-refractivity contribution in [3.8, 4) is 0 Å². The maximum atomic E-state index is 13.0. The first kappa shape index (κ1) is 17.2. The van der Waals surface area contributed by atoms with Crippen LogP contribution in [0.25, 0.3) is 0 Å². The van der Waals surface area contributed by atoms with E-state index in [1.807, 2.05) is 27.7 Å². The molecule has 0 unspecified atom stereocenters. The molecule has 0 N–H and O–H groups in total. The molecule has 0 atom stereocenters. The van der Waals surface area contributed by atoms with Crippen molar-refractivity contribution in [1.82, 2.24) is 9.97 Å². The molecule has 8 heteroatoms. The van der Waals surface area contributed by atoms with Crippen molar-refractivity contribution in [2.45, 2.75) is 64.3 Å². The lowest BCUT2D eigenvalue weighted by Crippen LogP contribution is -2.41. The fourth-order valence-corrected chi connectivity index (χ4v) is 1.89. The smallest absolute Gasteiger partial charge is 0.399 e. The third-order valence-electron chi connectivity index (χ3n) is 4.46. The van der Waals surface area contributed by atoms with Gasteiger partial charge in [-0.2, -0.15) is 13.2 Å². The molecule has 0 aromatic carbocycles. The highest BCUT2D eigenvalue weighted by Gasteiger charge is 2.53. The van der Waals surface area contributed by atoms with Crippen LogP contribution < -0.4 is 5.46 Å². The van der Waals surface area contributed by atoms with Crippen molar-refractivity contribution in [3.05, 3.63) is 18.2 Å². The minimum absolute atomic E-state index is 0.278. The number of hydrogen-bond acceptors (Lipinski definition) is 4. The Morgan fingerprint density at radius 1 is 0.955 bits per heavy atom. The van der Waals surface area contributed by atoms with Gasteiger partial charge in [0.1, 0.15) is 11.2 Å². The van der Waals surface area contributed by atoms with Gasteiger partial charge < -0.3 is 9.31 Å². The minimum Gasteiger partial charge on any atom is -0.399 e. The van der Waals surface area contributed by atoms with Gasteiger partial charge in [0.05, 0.1) is 11.2 Å². The molecule has 22 heavy (non-hydrogen) atoms. The molecule has 0 amide bonds. The number of alkyl halides is 3. The van der Waals surface area contributed by atoms with Crippen LogP contribution in [0.3, 0.4) is 0 Å². The van der Waals surface area contributed by atoms with Gasteiger partial charge in [-0.05, 0) is 41.5 Å². The predicted molar refractivity (Wildman–Crippen MR) is 76.8 cm³/mol. The molecule has 1 fully saturated rings. The van der Waals surface area contributed by atoms with Crippen LogP contribution in [0.5, 0.6) is 0 Å². The zero-order valence-electron chi connectivity index (χ0n) is 13.6. The van der Waals surface area contributed by atoms with E-state index in [0.717, 1.165) is 13.8 Å². The highest BCUT2D eigenvalue weighted by atomic mass is 19.4. The van der Waals surface area contributed by atoms with Crippen molar-refractivity contribution in [2.24, 2.45) is 0 Å². The van der Waals surface area contributed by atoms with E-state index in [9.17, 15) is 13.2 Å². The van der Waals surface area contributed by atoms with Crippen LogP contribution in [0.4, 0.5) is 13.2 Å². The van der Waals surface area contributed by atoms with Crippen LogP contribution in [-0.4, -0.2) is 34.5 Å². The SMILES string of the molecule is CC1(C)OB(c2cnc(C(C)(C)C(F)(F)F)nc2)OC1(C)C. The Kier molecular flexibility index (Phi) is 3.85. The first-order valence-corrected chi connectivity index (χ1v) is 7.03. The molecule has 1 aliphatic rings. The van der Waals surface area contributed by atoms with E-state index < -0.39 is 29.9 Å². The van der Waals surface area contributed by atoms with Crippen LogP contribution in [0.1, 0.15) is 47.4 Å². The van der Waals surface area contributed by atoms with Gasteiger partial charge in [0.15, 0.2) is 0 Å². The third kappa shape index (κ3) is 2.74. The highest BCUT2D eigenvalue weighted by Crippen LogP contribution is 2.39. The fraction of sp³-hybridized carbons (Fsp3) is 0.714. The van der Waals surface area contributed by atoms with Gasteiger partial charge in [0.25, 0.3) is 0 Å². The Morgan fingerprint density at radius 2 is 1.36 bits per heavy atom. The molecule has 1 aromatic heterocycles. The van der Waals surface area contributed by atoms with E-state index >= 15 is 0 Å². The summed E-state index contributed by atoms with van der Waals surface area (Å²) in [6.45, 7) is 9.70. The maximum Gasteiger partial charge on any atom is 0.498 e. The first-order valence-electron chi connectivity index (χ1n) is 7.03. The summed E-state index contributed by atoms with van der Waals surface area (Å²) in [7, 11) is -0.687. The standard InChI is InChI=1S/C14H20BF3N2O2/c1-11(2,14(16,17)18)10-19-7-9(8-20-10)15-21-12(3,4)13(5,6)22-15/h7-8H,1-6H3. The van der Waals surface area contributed by atoms with Crippen LogP contribution in [0, 0.1) is 0 Å². The van der Waals surface area contributed by atoms with E-state index in [1.54, 1.807) is 0 Å². The van der Waals surface area contributed by atoms with Crippen molar-refractivity contribution in [1.29, 1.82) is 0 Å². The molecule has 4 nitrogen and oxygen atoms in total. The van der Waals surface area contributed by atoms with Crippen molar-refractivity contribution >= 4 is 12.6 Å². The van der Waals surface area contributed by atoms with E-state index in [0.29, 0.717) is 5.46 Å². The summed E-state index contributed by atoms with van der Waals surface area (Å²) < 4.78 is 50.6. The summed E-state index contributed by atoms with van der Waals surface area (Å²) in [5, 5.41) is 0. The second-order valence-corrected chi connectivity index (χ2v) is 7.05. The molecule has 2 heterocycles. The lowest BCUT2D eigenvalue weighted by atomic mass is 9.81. The minimum atomic E-state index is -4.42. The summed E-state index contributed by atoms with van der Waals surface area (Å²) in [6.07, 6.45) is -1.76. The average molecular weight is 316 g/mol. The molecule has 122 valence electrons. The molecule has 2 rings (SSSR count). The summed E-state index contributed by atoms with van der Waals surface area (Å²) in [5.74, 6) is -0.278. The zero-order valence-corrected chi connectivity index (χ0v) is 13.6. The Labute approximate surface area is 128 Å². The Hall–Kier alpha value is -1.15. The van der Waals surface area contributed by atoms with E-state index in [1.165, 1.54) is 12.4 Å². The lowest BCUT2D eigenvalue weighted by molar-refractivity contribution is -0.182. The predicted octanol–water partition coefficient (Wildman–Crippen LogP) is 2.62. The average Bonchev–Trinajstić information content (AvgIpc) is 2.57. The van der Waals surface area contributed by atoms with Gasteiger partial charge in [-0.15, -0.1) is 0 Å². The van der Waals surface area contributed by atoms with Crippen molar-refractivity contribution in [2.75, 3.05) is 0 Å². The molecule has 0 spiro atoms. The quantitative estimate of drug-likeness (QED) is 0.787. The molecular weight excluding hydrogens is 296 g/mol. The monoisotopic (exact) mass is 316 g/mol. The van der Waals surface area contributed by atoms with Crippen LogP contribution in [0.15, 0.2) is 12.4 Å². The second kappa shape index (κ2) is 4.93.